The average Bonchev–Trinajstić information content (AvgIpc) is 2.70. The smallest absolute Gasteiger partial charge is 0.159 e. The van der Waals surface area contributed by atoms with Gasteiger partial charge in [-0.05, 0) is 49.9 Å². The summed E-state index contributed by atoms with van der Waals surface area (Å²) >= 11 is 0. The number of hydrogen-bond donors (Lipinski definition) is 2. The van der Waals surface area contributed by atoms with Gasteiger partial charge in [-0.3, -0.25) is 5.32 Å². The molecule has 4 heteroatoms. The zero-order valence-electron chi connectivity index (χ0n) is 18.7. The Morgan fingerprint density at radius 1 is 1.11 bits per heavy atom. The fourth-order valence-corrected chi connectivity index (χ4v) is 3.62. The average molecular weight is 396 g/mol. The Balaban J connectivity index is 2.00. The van der Waals surface area contributed by atoms with E-state index in [-0.39, 0.29) is 6.29 Å². The molecular formula is C24H45NO3. The monoisotopic (exact) mass is 395 g/mol. The molecule has 0 aromatic carbocycles. The summed E-state index contributed by atoms with van der Waals surface area (Å²) < 4.78 is 11.2. The van der Waals surface area contributed by atoms with Crippen LogP contribution in [0.15, 0.2) is 0 Å². The van der Waals surface area contributed by atoms with Crippen LogP contribution in [-0.2, 0) is 9.47 Å². The van der Waals surface area contributed by atoms with E-state index in [1.807, 2.05) is 0 Å². The van der Waals surface area contributed by atoms with Crippen LogP contribution in [0.2, 0.25) is 0 Å². The predicted octanol–water partition coefficient (Wildman–Crippen LogP) is 5.25. The van der Waals surface area contributed by atoms with E-state index in [0.29, 0.717) is 25.3 Å². The van der Waals surface area contributed by atoms with Crippen LogP contribution in [-0.4, -0.2) is 37.9 Å². The third-order valence-corrected chi connectivity index (χ3v) is 6.10. The lowest BCUT2D eigenvalue weighted by Gasteiger charge is -2.32. The SMILES string of the molecule is CC(CCCCCCCO)C(C)(C)CCCC#CCNCOC1CCCCO1. The summed E-state index contributed by atoms with van der Waals surface area (Å²) in [5.41, 5.74) is 0.388. The second-order valence-corrected chi connectivity index (χ2v) is 8.91. The molecule has 0 aromatic rings. The van der Waals surface area contributed by atoms with E-state index < -0.39 is 0 Å². The van der Waals surface area contributed by atoms with E-state index in [4.69, 9.17) is 14.6 Å². The molecule has 0 bridgehead atoms. The maximum Gasteiger partial charge on any atom is 0.159 e. The Morgan fingerprint density at radius 2 is 1.89 bits per heavy atom. The summed E-state index contributed by atoms with van der Waals surface area (Å²) in [5.74, 6) is 7.23. The molecule has 164 valence electrons. The van der Waals surface area contributed by atoms with Crippen LogP contribution in [0.3, 0.4) is 0 Å². The molecule has 0 spiro atoms. The quantitative estimate of drug-likeness (QED) is 0.226. The van der Waals surface area contributed by atoms with Crippen LogP contribution in [0, 0.1) is 23.2 Å². The van der Waals surface area contributed by atoms with Gasteiger partial charge in [-0.15, -0.1) is 5.92 Å². The Bertz CT molecular complexity index is 421. The summed E-state index contributed by atoms with van der Waals surface area (Å²) in [6, 6.07) is 0. The molecule has 2 atom stereocenters. The van der Waals surface area contributed by atoms with Crippen molar-refractivity contribution in [3.63, 3.8) is 0 Å². The number of nitrogens with one attached hydrogen (secondary N) is 1. The Labute approximate surface area is 174 Å². The lowest BCUT2D eigenvalue weighted by atomic mass is 9.74. The van der Waals surface area contributed by atoms with E-state index in [1.54, 1.807) is 0 Å². The molecule has 1 aliphatic heterocycles. The van der Waals surface area contributed by atoms with Crippen molar-refractivity contribution in [2.75, 3.05) is 26.5 Å². The van der Waals surface area contributed by atoms with Crippen molar-refractivity contribution in [1.29, 1.82) is 0 Å². The minimum atomic E-state index is -0.0287. The third-order valence-electron chi connectivity index (χ3n) is 6.10. The summed E-state index contributed by atoms with van der Waals surface area (Å²) in [6.07, 6.45) is 14.0. The first-order valence-electron chi connectivity index (χ1n) is 11.6. The summed E-state index contributed by atoms with van der Waals surface area (Å²) in [7, 11) is 0. The van der Waals surface area contributed by atoms with Gasteiger partial charge in [-0.2, -0.15) is 0 Å². The fraction of sp³-hybridized carbons (Fsp3) is 0.917. The molecule has 2 unspecified atom stereocenters. The molecule has 0 radical (unpaired) electrons. The number of hydrogen-bond acceptors (Lipinski definition) is 4. The third kappa shape index (κ3) is 12.8. The second kappa shape index (κ2) is 16.2. The zero-order chi connectivity index (χ0) is 20.5. The topological polar surface area (TPSA) is 50.7 Å². The highest BCUT2D eigenvalue weighted by molar-refractivity contribution is 5.00. The van der Waals surface area contributed by atoms with E-state index in [1.165, 1.54) is 51.4 Å². The molecule has 28 heavy (non-hydrogen) atoms. The second-order valence-electron chi connectivity index (χ2n) is 8.91. The highest BCUT2D eigenvalue weighted by atomic mass is 16.7. The van der Waals surface area contributed by atoms with Crippen LogP contribution in [0.1, 0.15) is 97.8 Å². The van der Waals surface area contributed by atoms with E-state index in [2.05, 4.69) is 37.9 Å². The van der Waals surface area contributed by atoms with Crippen molar-refractivity contribution in [2.45, 2.75) is 104 Å². The van der Waals surface area contributed by atoms with E-state index >= 15 is 0 Å². The molecule has 1 saturated heterocycles. The molecule has 1 fully saturated rings. The van der Waals surface area contributed by atoms with Crippen molar-refractivity contribution >= 4 is 0 Å². The number of unbranched alkanes of at least 4 members (excludes halogenated alkanes) is 5. The van der Waals surface area contributed by atoms with Crippen LogP contribution in [0.5, 0.6) is 0 Å². The minimum Gasteiger partial charge on any atom is -0.396 e. The number of rotatable bonds is 15. The molecular weight excluding hydrogens is 350 g/mol. The van der Waals surface area contributed by atoms with Crippen LogP contribution < -0.4 is 5.32 Å². The molecule has 0 aliphatic carbocycles. The van der Waals surface area contributed by atoms with Crippen molar-refractivity contribution in [2.24, 2.45) is 11.3 Å². The Hall–Kier alpha value is -0.600. The van der Waals surface area contributed by atoms with Crippen LogP contribution >= 0.6 is 0 Å². The first-order valence-corrected chi connectivity index (χ1v) is 11.6. The lowest BCUT2D eigenvalue weighted by molar-refractivity contribution is -0.165. The van der Waals surface area contributed by atoms with Gasteiger partial charge in [-0.25, -0.2) is 0 Å². The Kier molecular flexibility index (Phi) is 14.7. The maximum absolute atomic E-state index is 8.82. The Morgan fingerprint density at radius 3 is 2.64 bits per heavy atom. The lowest BCUT2D eigenvalue weighted by Crippen LogP contribution is -2.28. The van der Waals surface area contributed by atoms with E-state index in [9.17, 15) is 0 Å². The van der Waals surface area contributed by atoms with Gasteiger partial charge >= 0.3 is 0 Å². The van der Waals surface area contributed by atoms with Crippen LogP contribution in [0.25, 0.3) is 0 Å². The number of aliphatic hydroxyl groups excluding tert-OH is 1. The van der Waals surface area contributed by atoms with Gasteiger partial charge in [0.05, 0.1) is 6.54 Å². The molecule has 1 heterocycles. The standard InChI is InChI=1S/C24H45NO3/c1-22(15-9-5-4-8-13-19-26)24(2,3)17-11-6-7-12-18-25-21-28-23-16-10-14-20-27-23/h22-23,25-26H,4-6,8-11,13-21H2,1-3H3. The van der Waals surface area contributed by atoms with Crippen molar-refractivity contribution in [3.8, 4) is 11.8 Å². The first kappa shape index (κ1) is 25.4. The fourth-order valence-electron chi connectivity index (χ4n) is 3.62. The van der Waals surface area contributed by atoms with Gasteiger partial charge in [0.1, 0.15) is 6.73 Å². The summed E-state index contributed by atoms with van der Waals surface area (Å²) in [5, 5.41) is 12.0. The molecule has 1 rings (SSSR count). The predicted molar refractivity (Wildman–Crippen MR) is 117 cm³/mol. The number of aliphatic hydroxyl groups is 1. The van der Waals surface area contributed by atoms with Gasteiger partial charge in [-0.1, -0.05) is 58.8 Å². The van der Waals surface area contributed by atoms with Gasteiger partial charge in [0.25, 0.3) is 0 Å². The molecule has 1 aliphatic rings. The molecule has 0 saturated carbocycles. The highest BCUT2D eigenvalue weighted by Gasteiger charge is 2.24. The van der Waals surface area contributed by atoms with Crippen molar-refractivity contribution < 1.29 is 14.6 Å². The minimum absolute atomic E-state index is 0.0287. The zero-order valence-corrected chi connectivity index (χ0v) is 18.7. The molecule has 0 amide bonds. The van der Waals surface area contributed by atoms with Gasteiger partial charge < -0.3 is 14.6 Å². The van der Waals surface area contributed by atoms with Gasteiger partial charge in [0.15, 0.2) is 6.29 Å². The molecule has 4 nitrogen and oxygen atoms in total. The maximum atomic E-state index is 8.82. The highest BCUT2D eigenvalue weighted by Crippen LogP contribution is 2.35. The van der Waals surface area contributed by atoms with Crippen molar-refractivity contribution in [3.05, 3.63) is 0 Å². The normalized spacial score (nSPS) is 18.5. The van der Waals surface area contributed by atoms with Gasteiger partial charge in [0.2, 0.25) is 0 Å². The molecule has 2 N–H and O–H groups in total. The van der Waals surface area contributed by atoms with Crippen LogP contribution in [0.4, 0.5) is 0 Å². The summed E-state index contributed by atoms with van der Waals surface area (Å²) in [6.45, 7) is 9.58. The first-order chi connectivity index (χ1) is 13.6. The molecule has 0 aromatic heterocycles. The van der Waals surface area contributed by atoms with Crippen molar-refractivity contribution in [1.82, 2.24) is 5.32 Å². The largest absolute Gasteiger partial charge is 0.396 e. The number of ether oxygens (including phenoxy) is 2. The van der Waals surface area contributed by atoms with Gasteiger partial charge in [0, 0.05) is 19.6 Å². The van der Waals surface area contributed by atoms with E-state index in [0.717, 1.165) is 38.2 Å². The summed E-state index contributed by atoms with van der Waals surface area (Å²) in [4.78, 5) is 0.